The Kier molecular flexibility index (Phi) is 8.60. The molecule has 0 aromatic rings. The van der Waals surface area contributed by atoms with Crippen LogP contribution >= 0.6 is 0 Å². The average Bonchev–Trinajstić information content (AvgIpc) is 2.43. The van der Waals surface area contributed by atoms with Gasteiger partial charge < -0.3 is 9.84 Å². The van der Waals surface area contributed by atoms with Crippen LogP contribution in [-0.2, 0) is 9.53 Å². The van der Waals surface area contributed by atoms with Gasteiger partial charge >= 0.3 is 5.97 Å². The number of esters is 1. The minimum Gasteiger partial charge on any atom is -0.460 e. The Morgan fingerprint density at radius 2 is 1.78 bits per heavy atom. The van der Waals surface area contributed by atoms with Crippen LogP contribution in [-0.4, -0.2) is 22.8 Å². The maximum absolute atomic E-state index is 12.1. The van der Waals surface area contributed by atoms with Crippen molar-refractivity contribution in [1.29, 1.82) is 0 Å². The Morgan fingerprint density at radius 1 is 1.17 bits per heavy atom. The van der Waals surface area contributed by atoms with Gasteiger partial charge in [-0.15, -0.1) is 0 Å². The summed E-state index contributed by atoms with van der Waals surface area (Å²) in [5.41, 5.74) is -0.432. The van der Waals surface area contributed by atoms with E-state index in [1.54, 1.807) is 0 Å². The van der Waals surface area contributed by atoms with Crippen LogP contribution in [0.2, 0.25) is 0 Å². The van der Waals surface area contributed by atoms with Crippen molar-refractivity contribution in [2.45, 2.75) is 104 Å². The molecule has 136 valence electrons. The molecule has 0 bridgehead atoms. The SMILES string of the molecule is CC(C)[C@@H](CC(=O)OC(C)(C)C)C[C@@H](O)CCC1CCCCC1. The van der Waals surface area contributed by atoms with Crippen LogP contribution in [0.25, 0.3) is 0 Å². The maximum atomic E-state index is 12.1. The van der Waals surface area contributed by atoms with Crippen molar-refractivity contribution in [2.24, 2.45) is 17.8 Å². The monoisotopic (exact) mass is 326 g/mol. The van der Waals surface area contributed by atoms with Gasteiger partial charge in [0, 0.05) is 6.42 Å². The highest BCUT2D eigenvalue weighted by atomic mass is 16.6. The predicted octanol–water partition coefficient (Wildman–Crippen LogP) is 5.10. The molecule has 1 fully saturated rings. The molecule has 3 heteroatoms. The molecule has 0 aromatic heterocycles. The number of aliphatic hydroxyl groups excluding tert-OH is 1. The van der Waals surface area contributed by atoms with E-state index in [2.05, 4.69) is 13.8 Å². The van der Waals surface area contributed by atoms with E-state index in [9.17, 15) is 9.90 Å². The van der Waals surface area contributed by atoms with E-state index in [-0.39, 0.29) is 18.0 Å². The molecule has 0 amide bonds. The molecule has 1 saturated carbocycles. The van der Waals surface area contributed by atoms with Gasteiger partial charge in [0.05, 0.1) is 6.10 Å². The summed E-state index contributed by atoms with van der Waals surface area (Å²) in [5, 5.41) is 10.4. The van der Waals surface area contributed by atoms with Gasteiger partial charge in [0.25, 0.3) is 0 Å². The first-order valence-electron chi connectivity index (χ1n) is 9.57. The summed E-state index contributed by atoms with van der Waals surface area (Å²) in [6, 6.07) is 0. The number of hydrogen-bond donors (Lipinski definition) is 1. The number of carbonyl (C=O) groups excluding carboxylic acids is 1. The van der Waals surface area contributed by atoms with E-state index < -0.39 is 5.60 Å². The first kappa shape index (κ1) is 20.5. The minimum absolute atomic E-state index is 0.143. The van der Waals surface area contributed by atoms with E-state index in [1.807, 2.05) is 20.8 Å². The van der Waals surface area contributed by atoms with E-state index in [0.717, 1.165) is 18.8 Å². The topological polar surface area (TPSA) is 46.5 Å². The normalized spacial score (nSPS) is 19.6. The third-order valence-corrected chi connectivity index (χ3v) is 5.00. The van der Waals surface area contributed by atoms with E-state index in [4.69, 9.17) is 4.74 Å². The van der Waals surface area contributed by atoms with Crippen molar-refractivity contribution in [3.63, 3.8) is 0 Å². The third-order valence-electron chi connectivity index (χ3n) is 5.00. The molecule has 1 aliphatic carbocycles. The van der Waals surface area contributed by atoms with Gasteiger partial charge in [-0.3, -0.25) is 4.79 Å². The molecule has 0 aliphatic heterocycles. The van der Waals surface area contributed by atoms with Gasteiger partial charge in [-0.25, -0.2) is 0 Å². The molecule has 1 aliphatic rings. The number of carbonyl (C=O) groups is 1. The zero-order valence-corrected chi connectivity index (χ0v) is 15.9. The molecule has 0 radical (unpaired) electrons. The zero-order chi connectivity index (χ0) is 17.5. The summed E-state index contributed by atoms with van der Waals surface area (Å²) in [5.74, 6) is 1.25. The molecular weight excluding hydrogens is 288 g/mol. The van der Waals surface area contributed by atoms with Crippen LogP contribution in [0, 0.1) is 17.8 Å². The second kappa shape index (κ2) is 9.66. The molecule has 2 atom stereocenters. The highest BCUT2D eigenvalue weighted by molar-refractivity contribution is 5.70. The van der Waals surface area contributed by atoms with Gasteiger partial charge in [0.2, 0.25) is 0 Å². The fourth-order valence-corrected chi connectivity index (χ4v) is 3.56. The molecule has 0 unspecified atom stereocenters. The summed E-state index contributed by atoms with van der Waals surface area (Å²) in [6.45, 7) is 9.95. The maximum Gasteiger partial charge on any atom is 0.306 e. The summed E-state index contributed by atoms with van der Waals surface area (Å²) in [6.07, 6.45) is 9.61. The van der Waals surface area contributed by atoms with E-state index in [0.29, 0.717) is 18.8 Å². The number of aliphatic hydroxyl groups is 1. The van der Waals surface area contributed by atoms with Gasteiger partial charge in [-0.2, -0.15) is 0 Å². The van der Waals surface area contributed by atoms with Crippen LogP contribution in [0.4, 0.5) is 0 Å². The lowest BCUT2D eigenvalue weighted by atomic mass is 9.82. The van der Waals surface area contributed by atoms with Crippen molar-refractivity contribution >= 4 is 5.97 Å². The van der Waals surface area contributed by atoms with Gasteiger partial charge in [-0.1, -0.05) is 46.0 Å². The van der Waals surface area contributed by atoms with Gasteiger partial charge in [-0.05, 0) is 57.8 Å². The molecule has 1 rings (SSSR count). The molecule has 3 nitrogen and oxygen atoms in total. The Labute approximate surface area is 143 Å². The Bertz CT molecular complexity index is 337. The standard InChI is InChI=1S/C20H38O3/c1-15(2)17(14-19(22)23-20(3,4)5)13-18(21)12-11-16-9-7-6-8-10-16/h15-18,21H,6-14H2,1-5H3/t17-,18+/m1/s1. The largest absolute Gasteiger partial charge is 0.460 e. The molecule has 1 N–H and O–H groups in total. The van der Waals surface area contributed by atoms with Crippen LogP contribution < -0.4 is 0 Å². The minimum atomic E-state index is -0.432. The molecule has 0 heterocycles. The second-order valence-corrected chi connectivity index (χ2v) is 8.77. The Balaban J connectivity index is 2.37. The van der Waals surface area contributed by atoms with Crippen molar-refractivity contribution in [2.75, 3.05) is 0 Å². The Morgan fingerprint density at radius 3 is 2.30 bits per heavy atom. The lowest BCUT2D eigenvalue weighted by Gasteiger charge is -2.27. The van der Waals surface area contributed by atoms with Crippen molar-refractivity contribution in [3.05, 3.63) is 0 Å². The molecule has 0 saturated heterocycles. The van der Waals surface area contributed by atoms with E-state index in [1.165, 1.54) is 32.1 Å². The van der Waals surface area contributed by atoms with E-state index >= 15 is 0 Å². The summed E-state index contributed by atoms with van der Waals surface area (Å²) in [7, 11) is 0. The smallest absolute Gasteiger partial charge is 0.306 e. The highest BCUT2D eigenvalue weighted by Crippen LogP contribution is 2.30. The highest BCUT2D eigenvalue weighted by Gasteiger charge is 2.25. The lowest BCUT2D eigenvalue weighted by Crippen LogP contribution is -2.28. The third kappa shape index (κ3) is 9.34. The first-order chi connectivity index (χ1) is 10.7. The summed E-state index contributed by atoms with van der Waals surface area (Å²) < 4.78 is 5.43. The van der Waals surface area contributed by atoms with Crippen LogP contribution in [0.5, 0.6) is 0 Å². The van der Waals surface area contributed by atoms with Crippen molar-refractivity contribution in [1.82, 2.24) is 0 Å². The van der Waals surface area contributed by atoms with Gasteiger partial charge in [0.15, 0.2) is 0 Å². The zero-order valence-electron chi connectivity index (χ0n) is 15.9. The van der Waals surface area contributed by atoms with Crippen molar-refractivity contribution < 1.29 is 14.6 Å². The second-order valence-electron chi connectivity index (χ2n) is 8.77. The molecule has 0 aromatic carbocycles. The quantitative estimate of drug-likeness (QED) is 0.631. The van der Waals surface area contributed by atoms with Crippen molar-refractivity contribution in [3.8, 4) is 0 Å². The molecule has 0 spiro atoms. The first-order valence-corrected chi connectivity index (χ1v) is 9.57. The number of rotatable bonds is 8. The summed E-state index contributed by atoms with van der Waals surface area (Å²) >= 11 is 0. The number of hydrogen-bond acceptors (Lipinski definition) is 3. The lowest BCUT2D eigenvalue weighted by molar-refractivity contribution is -0.156. The van der Waals surface area contributed by atoms with Crippen LogP contribution in [0.1, 0.15) is 92.4 Å². The Hall–Kier alpha value is -0.570. The van der Waals surface area contributed by atoms with Crippen LogP contribution in [0.3, 0.4) is 0 Å². The average molecular weight is 327 g/mol. The summed E-state index contributed by atoms with van der Waals surface area (Å²) in [4.78, 5) is 12.1. The number of ether oxygens (including phenoxy) is 1. The van der Waals surface area contributed by atoms with Crippen LogP contribution in [0.15, 0.2) is 0 Å². The molecule has 23 heavy (non-hydrogen) atoms. The van der Waals surface area contributed by atoms with Gasteiger partial charge in [0.1, 0.15) is 5.60 Å². The predicted molar refractivity (Wildman–Crippen MR) is 95.2 cm³/mol. The fourth-order valence-electron chi connectivity index (χ4n) is 3.56. The fraction of sp³-hybridized carbons (Fsp3) is 0.950. The molecular formula is C20H38O3.